The van der Waals surface area contributed by atoms with Crippen LogP contribution in [-0.4, -0.2) is 42.2 Å². The Bertz CT molecular complexity index is 445. The molecule has 104 valence electrons. The summed E-state index contributed by atoms with van der Waals surface area (Å²) in [5, 5.41) is 12.4. The molecule has 0 spiro atoms. The predicted octanol–water partition coefficient (Wildman–Crippen LogP) is 3.05. The zero-order chi connectivity index (χ0) is 13.7. The summed E-state index contributed by atoms with van der Waals surface area (Å²) in [5.74, 6) is -0.895. The van der Waals surface area contributed by atoms with Gasteiger partial charge in [0.1, 0.15) is 0 Å². The lowest BCUT2D eigenvalue weighted by atomic mass is 10.1. The highest BCUT2D eigenvalue weighted by molar-refractivity contribution is 9.10. The van der Waals surface area contributed by atoms with E-state index >= 15 is 0 Å². The van der Waals surface area contributed by atoms with Crippen LogP contribution in [-0.2, 0) is 0 Å². The molecule has 2 N–H and O–H groups in total. The zero-order valence-electron chi connectivity index (χ0n) is 10.9. The average molecular weight is 327 g/mol. The molecule has 1 aromatic rings. The quantitative estimate of drug-likeness (QED) is 0.873. The number of aromatic carboxylic acids is 1. The smallest absolute Gasteiger partial charge is 0.337 e. The molecule has 0 radical (unpaired) electrons. The molecule has 1 saturated heterocycles. The van der Waals surface area contributed by atoms with Gasteiger partial charge in [0.25, 0.3) is 0 Å². The summed E-state index contributed by atoms with van der Waals surface area (Å²) >= 11 is 3.37. The Morgan fingerprint density at radius 1 is 1.32 bits per heavy atom. The SMILES string of the molecule is O=C(O)c1ccc(Br)cc1NCCN1CCCCC1. The van der Waals surface area contributed by atoms with E-state index in [-0.39, 0.29) is 0 Å². The van der Waals surface area contributed by atoms with Gasteiger partial charge in [0, 0.05) is 23.2 Å². The van der Waals surface area contributed by atoms with Crippen molar-refractivity contribution < 1.29 is 9.90 Å². The van der Waals surface area contributed by atoms with Gasteiger partial charge in [-0.1, -0.05) is 22.4 Å². The lowest BCUT2D eigenvalue weighted by molar-refractivity contribution is 0.0698. The lowest BCUT2D eigenvalue weighted by Crippen LogP contribution is -2.33. The van der Waals surface area contributed by atoms with Gasteiger partial charge in [-0.3, -0.25) is 0 Å². The van der Waals surface area contributed by atoms with Gasteiger partial charge in [0.05, 0.1) is 5.56 Å². The standard InChI is InChI=1S/C14H19BrN2O2/c15-11-4-5-12(14(18)19)13(10-11)16-6-9-17-7-2-1-3-8-17/h4-5,10,16H,1-3,6-9H2,(H,18,19). The van der Waals surface area contributed by atoms with E-state index < -0.39 is 5.97 Å². The third-order valence-corrected chi connectivity index (χ3v) is 3.90. The second-order valence-electron chi connectivity index (χ2n) is 4.82. The van der Waals surface area contributed by atoms with Crippen LogP contribution in [0.5, 0.6) is 0 Å². The normalized spacial score (nSPS) is 16.3. The monoisotopic (exact) mass is 326 g/mol. The van der Waals surface area contributed by atoms with Crippen LogP contribution in [0.3, 0.4) is 0 Å². The summed E-state index contributed by atoms with van der Waals surface area (Å²) in [6.45, 7) is 4.06. The highest BCUT2D eigenvalue weighted by Gasteiger charge is 2.12. The first-order valence-corrected chi connectivity index (χ1v) is 7.45. The number of hydrogen-bond acceptors (Lipinski definition) is 3. The van der Waals surface area contributed by atoms with E-state index in [2.05, 4.69) is 26.1 Å². The average Bonchev–Trinajstić information content (AvgIpc) is 2.39. The van der Waals surface area contributed by atoms with Gasteiger partial charge in [-0.2, -0.15) is 0 Å². The molecular weight excluding hydrogens is 308 g/mol. The van der Waals surface area contributed by atoms with Crippen LogP contribution >= 0.6 is 15.9 Å². The number of halogens is 1. The van der Waals surface area contributed by atoms with E-state index in [1.54, 1.807) is 12.1 Å². The van der Waals surface area contributed by atoms with E-state index in [4.69, 9.17) is 5.11 Å². The molecule has 1 fully saturated rings. The minimum absolute atomic E-state index is 0.321. The molecule has 0 bridgehead atoms. The molecule has 1 aromatic carbocycles. The van der Waals surface area contributed by atoms with Crippen LogP contribution in [0.1, 0.15) is 29.6 Å². The van der Waals surface area contributed by atoms with Crippen LogP contribution in [0.25, 0.3) is 0 Å². The van der Waals surface area contributed by atoms with Crippen molar-refractivity contribution in [3.8, 4) is 0 Å². The maximum Gasteiger partial charge on any atom is 0.337 e. The molecular formula is C14H19BrN2O2. The molecule has 0 amide bonds. The minimum Gasteiger partial charge on any atom is -0.478 e. The molecule has 4 nitrogen and oxygen atoms in total. The van der Waals surface area contributed by atoms with Crippen LogP contribution in [0.15, 0.2) is 22.7 Å². The summed E-state index contributed by atoms with van der Waals surface area (Å²) in [6, 6.07) is 5.19. The Balaban J connectivity index is 1.91. The number of carboxylic acids is 1. The van der Waals surface area contributed by atoms with Gasteiger partial charge >= 0.3 is 5.97 Å². The highest BCUT2D eigenvalue weighted by Crippen LogP contribution is 2.21. The predicted molar refractivity (Wildman–Crippen MR) is 79.9 cm³/mol. The number of carbonyl (C=O) groups is 1. The van der Waals surface area contributed by atoms with Crippen LogP contribution in [0.4, 0.5) is 5.69 Å². The Kier molecular flexibility index (Phi) is 5.22. The molecule has 0 saturated carbocycles. The fourth-order valence-corrected chi connectivity index (χ4v) is 2.74. The molecule has 19 heavy (non-hydrogen) atoms. The first-order chi connectivity index (χ1) is 9.16. The third kappa shape index (κ3) is 4.21. The number of carboxylic acid groups (broad SMARTS) is 1. The van der Waals surface area contributed by atoms with Crippen molar-refractivity contribution in [2.24, 2.45) is 0 Å². The topological polar surface area (TPSA) is 52.6 Å². The molecule has 0 unspecified atom stereocenters. The van der Waals surface area contributed by atoms with E-state index in [1.807, 2.05) is 6.07 Å². The maximum atomic E-state index is 11.1. The first-order valence-electron chi connectivity index (χ1n) is 6.66. The summed E-state index contributed by atoms with van der Waals surface area (Å²) < 4.78 is 0.887. The summed E-state index contributed by atoms with van der Waals surface area (Å²) in [7, 11) is 0. The summed E-state index contributed by atoms with van der Waals surface area (Å²) in [6.07, 6.45) is 3.88. The molecule has 1 heterocycles. The van der Waals surface area contributed by atoms with Crippen LogP contribution < -0.4 is 5.32 Å². The molecule has 2 rings (SSSR count). The van der Waals surface area contributed by atoms with Crippen molar-refractivity contribution in [3.05, 3.63) is 28.2 Å². The fourth-order valence-electron chi connectivity index (χ4n) is 2.38. The Morgan fingerprint density at radius 2 is 2.05 bits per heavy atom. The largest absolute Gasteiger partial charge is 0.478 e. The molecule has 0 atom stereocenters. The molecule has 0 aromatic heterocycles. The molecule has 1 aliphatic rings. The van der Waals surface area contributed by atoms with Gasteiger partial charge in [-0.05, 0) is 44.1 Å². The Labute approximate surface area is 121 Å². The number of likely N-dealkylation sites (tertiary alicyclic amines) is 1. The van der Waals surface area contributed by atoms with Crippen molar-refractivity contribution in [2.45, 2.75) is 19.3 Å². The number of benzene rings is 1. The molecule has 5 heteroatoms. The van der Waals surface area contributed by atoms with E-state index in [9.17, 15) is 4.79 Å². The summed E-state index contributed by atoms with van der Waals surface area (Å²) in [4.78, 5) is 13.6. The van der Waals surface area contributed by atoms with Gasteiger partial charge in [-0.15, -0.1) is 0 Å². The van der Waals surface area contributed by atoms with Gasteiger partial charge in [-0.25, -0.2) is 4.79 Å². The Morgan fingerprint density at radius 3 is 2.74 bits per heavy atom. The number of piperidine rings is 1. The number of rotatable bonds is 5. The van der Waals surface area contributed by atoms with Crippen molar-refractivity contribution in [1.82, 2.24) is 4.90 Å². The number of nitrogens with one attached hydrogen (secondary N) is 1. The van der Waals surface area contributed by atoms with Crippen molar-refractivity contribution >= 4 is 27.6 Å². The van der Waals surface area contributed by atoms with Crippen LogP contribution in [0, 0.1) is 0 Å². The first kappa shape index (κ1) is 14.3. The maximum absolute atomic E-state index is 11.1. The van der Waals surface area contributed by atoms with Crippen molar-refractivity contribution in [3.63, 3.8) is 0 Å². The van der Waals surface area contributed by atoms with Gasteiger partial charge < -0.3 is 15.3 Å². The number of hydrogen-bond donors (Lipinski definition) is 2. The van der Waals surface area contributed by atoms with Crippen molar-refractivity contribution in [2.75, 3.05) is 31.5 Å². The second kappa shape index (κ2) is 6.91. The van der Waals surface area contributed by atoms with Crippen molar-refractivity contribution in [1.29, 1.82) is 0 Å². The third-order valence-electron chi connectivity index (χ3n) is 3.40. The van der Waals surface area contributed by atoms with E-state index in [0.717, 1.165) is 30.7 Å². The zero-order valence-corrected chi connectivity index (χ0v) is 12.4. The number of anilines is 1. The second-order valence-corrected chi connectivity index (χ2v) is 5.74. The van der Waals surface area contributed by atoms with E-state index in [0.29, 0.717) is 11.3 Å². The van der Waals surface area contributed by atoms with Gasteiger partial charge in [0.2, 0.25) is 0 Å². The fraction of sp³-hybridized carbons (Fsp3) is 0.500. The minimum atomic E-state index is -0.895. The summed E-state index contributed by atoms with van der Waals surface area (Å²) in [5.41, 5.74) is 1.00. The number of nitrogens with zero attached hydrogens (tertiary/aromatic N) is 1. The molecule has 0 aliphatic carbocycles. The Hall–Kier alpha value is -1.07. The van der Waals surface area contributed by atoms with Crippen LogP contribution in [0.2, 0.25) is 0 Å². The molecule has 1 aliphatic heterocycles. The van der Waals surface area contributed by atoms with E-state index in [1.165, 1.54) is 19.3 Å². The highest BCUT2D eigenvalue weighted by atomic mass is 79.9. The lowest BCUT2D eigenvalue weighted by Gasteiger charge is -2.26. The van der Waals surface area contributed by atoms with Gasteiger partial charge in [0.15, 0.2) is 0 Å².